The lowest BCUT2D eigenvalue weighted by Gasteiger charge is -2.20. The number of halogens is 2. The van der Waals surface area contributed by atoms with Crippen molar-refractivity contribution in [2.24, 2.45) is 0 Å². The lowest BCUT2D eigenvalue weighted by Crippen LogP contribution is -2.34. The number of nitrogens with zero attached hydrogens (tertiary/aromatic N) is 2. The molecule has 0 bridgehead atoms. The standard InChI is InChI=1S/C22H15F2N3O2/c23-17-11-12-18(27(24)22(29)26-14-13-25-21(26)28)20(16-9-5-2-6-10-16)19(17)15-7-3-1-4-8-15/h1-14H,(H,25,28). The highest BCUT2D eigenvalue weighted by molar-refractivity contribution is 6.00. The van der Waals surface area contributed by atoms with Crippen molar-refractivity contribution in [3.8, 4) is 22.3 Å². The molecule has 1 aromatic heterocycles. The summed E-state index contributed by atoms with van der Waals surface area (Å²) in [5, 5.41) is -0.149. The molecule has 0 unspecified atom stereocenters. The van der Waals surface area contributed by atoms with Gasteiger partial charge in [0.15, 0.2) is 0 Å². The number of aromatic amines is 1. The number of nitrogens with one attached hydrogen (secondary N) is 1. The van der Waals surface area contributed by atoms with Gasteiger partial charge in [0.1, 0.15) is 5.82 Å². The normalized spacial score (nSPS) is 10.7. The van der Waals surface area contributed by atoms with E-state index in [2.05, 4.69) is 4.98 Å². The number of anilines is 1. The Hall–Kier alpha value is -4.00. The van der Waals surface area contributed by atoms with Gasteiger partial charge in [-0.2, -0.15) is 0 Å². The summed E-state index contributed by atoms with van der Waals surface area (Å²) in [5.41, 5.74) is 0.476. The first-order valence-corrected chi connectivity index (χ1v) is 8.77. The van der Waals surface area contributed by atoms with Gasteiger partial charge >= 0.3 is 11.7 Å². The van der Waals surface area contributed by atoms with Gasteiger partial charge in [-0.3, -0.25) is 0 Å². The van der Waals surface area contributed by atoms with Crippen LogP contribution in [0, 0.1) is 5.82 Å². The van der Waals surface area contributed by atoms with Crippen molar-refractivity contribution in [2.75, 3.05) is 5.12 Å². The predicted octanol–water partition coefficient (Wildman–Crippen LogP) is 5.01. The first kappa shape index (κ1) is 18.4. The van der Waals surface area contributed by atoms with Gasteiger partial charge in [-0.1, -0.05) is 65.1 Å². The average Bonchev–Trinajstić information content (AvgIpc) is 3.19. The molecule has 0 radical (unpaired) electrons. The first-order chi connectivity index (χ1) is 14.1. The topological polar surface area (TPSA) is 58.1 Å². The van der Waals surface area contributed by atoms with Gasteiger partial charge in [0, 0.05) is 23.5 Å². The average molecular weight is 391 g/mol. The van der Waals surface area contributed by atoms with E-state index < -0.39 is 17.5 Å². The summed E-state index contributed by atoms with van der Waals surface area (Å²) in [7, 11) is 0. The summed E-state index contributed by atoms with van der Waals surface area (Å²) in [5.74, 6) is -0.557. The Morgan fingerprint density at radius 1 is 0.862 bits per heavy atom. The second kappa shape index (κ2) is 7.55. The van der Waals surface area contributed by atoms with E-state index in [1.807, 2.05) is 0 Å². The molecule has 0 spiro atoms. The Kier molecular flexibility index (Phi) is 4.78. The molecule has 0 fully saturated rings. The van der Waals surface area contributed by atoms with Crippen molar-refractivity contribution in [1.82, 2.24) is 9.55 Å². The molecule has 0 aliphatic rings. The minimum absolute atomic E-state index is 0.149. The molecule has 144 valence electrons. The number of hydrogen-bond acceptors (Lipinski definition) is 2. The summed E-state index contributed by atoms with van der Waals surface area (Å²) >= 11 is 0. The third-order valence-electron chi connectivity index (χ3n) is 4.49. The molecule has 0 saturated carbocycles. The molecule has 3 aromatic carbocycles. The van der Waals surface area contributed by atoms with Crippen LogP contribution in [-0.4, -0.2) is 15.6 Å². The van der Waals surface area contributed by atoms with Crippen LogP contribution in [0.5, 0.6) is 0 Å². The maximum absolute atomic E-state index is 15.2. The number of H-pyrrole nitrogens is 1. The Bertz CT molecular complexity index is 1220. The van der Waals surface area contributed by atoms with E-state index in [0.717, 1.165) is 12.3 Å². The zero-order valence-electron chi connectivity index (χ0n) is 15.0. The van der Waals surface area contributed by atoms with Crippen molar-refractivity contribution in [1.29, 1.82) is 0 Å². The van der Waals surface area contributed by atoms with Crippen LogP contribution in [0.4, 0.5) is 19.4 Å². The quantitative estimate of drug-likeness (QED) is 0.499. The highest BCUT2D eigenvalue weighted by Gasteiger charge is 2.26. The van der Waals surface area contributed by atoms with Crippen molar-refractivity contribution in [3.63, 3.8) is 0 Å². The van der Waals surface area contributed by atoms with Crippen LogP contribution in [0.1, 0.15) is 0 Å². The van der Waals surface area contributed by atoms with Gasteiger partial charge in [0.05, 0.1) is 5.69 Å². The molecule has 0 saturated heterocycles. The molecule has 5 nitrogen and oxygen atoms in total. The number of aromatic nitrogens is 2. The summed E-state index contributed by atoms with van der Waals surface area (Å²) in [6.07, 6.45) is 2.35. The third-order valence-corrected chi connectivity index (χ3v) is 4.49. The highest BCUT2D eigenvalue weighted by atomic mass is 19.2. The largest absolute Gasteiger partial charge is 0.365 e. The molecular weight excluding hydrogens is 376 g/mol. The van der Waals surface area contributed by atoms with Crippen molar-refractivity contribution >= 4 is 11.7 Å². The molecule has 0 atom stereocenters. The molecule has 29 heavy (non-hydrogen) atoms. The lowest BCUT2D eigenvalue weighted by atomic mass is 9.92. The fraction of sp³-hybridized carbons (Fsp3) is 0. The second-order valence-corrected chi connectivity index (χ2v) is 6.25. The highest BCUT2D eigenvalue weighted by Crippen LogP contribution is 2.41. The Balaban J connectivity index is 1.96. The number of amides is 1. The molecule has 7 heteroatoms. The minimum atomic E-state index is -1.21. The molecule has 4 rings (SSSR count). The first-order valence-electron chi connectivity index (χ1n) is 8.77. The van der Waals surface area contributed by atoms with E-state index in [0.29, 0.717) is 15.7 Å². The summed E-state index contributed by atoms with van der Waals surface area (Å²) in [4.78, 5) is 26.6. The van der Waals surface area contributed by atoms with E-state index >= 15 is 4.48 Å². The van der Waals surface area contributed by atoms with Crippen molar-refractivity contribution < 1.29 is 13.7 Å². The number of benzene rings is 3. The van der Waals surface area contributed by atoms with E-state index in [1.165, 1.54) is 12.3 Å². The van der Waals surface area contributed by atoms with Crippen LogP contribution < -0.4 is 10.8 Å². The van der Waals surface area contributed by atoms with E-state index in [9.17, 15) is 14.0 Å². The van der Waals surface area contributed by atoms with Gasteiger partial charge in [0.25, 0.3) is 0 Å². The van der Waals surface area contributed by atoms with Gasteiger partial charge in [-0.25, -0.2) is 18.5 Å². The lowest BCUT2D eigenvalue weighted by molar-refractivity contribution is 0.234. The Morgan fingerprint density at radius 2 is 1.45 bits per heavy atom. The summed E-state index contributed by atoms with van der Waals surface area (Å²) < 4.78 is 30.7. The van der Waals surface area contributed by atoms with Crippen LogP contribution >= 0.6 is 0 Å². The second-order valence-electron chi connectivity index (χ2n) is 6.25. The van der Waals surface area contributed by atoms with E-state index in [1.54, 1.807) is 60.7 Å². The molecule has 1 heterocycles. The third kappa shape index (κ3) is 3.34. The van der Waals surface area contributed by atoms with Crippen molar-refractivity contribution in [2.45, 2.75) is 0 Å². The number of rotatable bonds is 3. The molecule has 1 N–H and O–H groups in total. The number of carbonyl (C=O) groups excluding carboxylic acids is 1. The smallest absolute Gasteiger partial charge is 0.312 e. The van der Waals surface area contributed by atoms with Crippen molar-refractivity contribution in [3.05, 3.63) is 101 Å². The summed E-state index contributed by atoms with van der Waals surface area (Å²) in [6, 6.07) is 18.4. The van der Waals surface area contributed by atoms with Gasteiger partial charge in [-0.05, 0) is 23.3 Å². The molecular formula is C22H15F2N3O2. The number of carbonyl (C=O) groups is 1. The maximum atomic E-state index is 15.2. The fourth-order valence-electron chi connectivity index (χ4n) is 3.18. The van der Waals surface area contributed by atoms with Crippen LogP contribution in [0.2, 0.25) is 0 Å². The Labute approximate surface area is 164 Å². The van der Waals surface area contributed by atoms with E-state index in [-0.39, 0.29) is 21.9 Å². The summed E-state index contributed by atoms with van der Waals surface area (Å²) in [6.45, 7) is 0. The van der Waals surface area contributed by atoms with Gasteiger partial charge < -0.3 is 4.98 Å². The fourth-order valence-corrected chi connectivity index (χ4v) is 3.18. The van der Waals surface area contributed by atoms with Gasteiger partial charge in [0.2, 0.25) is 0 Å². The molecule has 4 aromatic rings. The number of hydrogen-bond donors (Lipinski definition) is 1. The van der Waals surface area contributed by atoms with Gasteiger partial charge in [-0.15, -0.1) is 5.12 Å². The van der Waals surface area contributed by atoms with Crippen LogP contribution in [-0.2, 0) is 0 Å². The molecule has 1 amide bonds. The molecule has 0 aliphatic carbocycles. The van der Waals surface area contributed by atoms with E-state index in [4.69, 9.17) is 0 Å². The predicted molar refractivity (Wildman–Crippen MR) is 107 cm³/mol. The SMILES string of the molecule is O=C(N(F)c1ccc(F)c(-c2ccccc2)c1-c1ccccc1)n1cc[nH]c1=O. The van der Waals surface area contributed by atoms with Crippen LogP contribution in [0.25, 0.3) is 22.3 Å². The monoisotopic (exact) mass is 391 g/mol. The minimum Gasteiger partial charge on any atom is -0.312 e. The zero-order chi connectivity index (χ0) is 20.4. The van der Waals surface area contributed by atoms with Crippen LogP contribution in [0.3, 0.4) is 0 Å². The Morgan fingerprint density at radius 3 is 2.00 bits per heavy atom. The zero-order valence-corrected chi connectivity index (χ0v) is 15.0. The van der Waals surface area contributed by atoms with Crippen LogP contribution in [0.15, 0.2) is 90.0 Å². The number of imidazole rings is 1. The molecule has 0 aliphatic heterocycles. The maximum Gasteiger partial charge on any atom is 0.365 e.